The molecular formula is C19H18ClFN6O. The highest BCUT2D eigenvalue weighted by Gasteiger charge is 2.30. The van der Waals surface area contributed by atoms with Crippen molar-refractivity contribution in [1.82, 2.24) is 24.7 Å². The van der Waals surface area contributed by atoms with E-state index in [4.69, 9.17) is 16.7 Å². The molecule has 1 saturated carbocycles. The normalized spacial score (nSPS) is 17.4. The third-order valence-corrected chi connectivity index (χ3v) is 5.60. The van der Waals surface area contributed by atoms with Gasteiger partial charge >= 0.3 is 0 Å². The Bertz CT molecular complexity index is 1040. The molecule has 0 unspecified atom stereocenters. The van der Waals surface area contributed by atoms with E-state index in [-0.39, 0.29) is 16.5 Å². The van der Waals surface area contributed by atoms with Crippen LogP contribution in [0.4, 0.5) is 10.2 Å². The van der Waals surface area contributed by atoms with Gasteiger partial charge in [-0.2, -0.15) is 4.52 Å². The Morgan fingerprint density at radius 3 is 2.57 bits per heavy atom. The van der Waals surface area contributed by atoms with Gasteiger partial charge in [0.05, 0.1) is 10.6 Å². The molecule has 0 radical (unpaired) electrons. The average molecular weight is 401 g/mol. The molecule has 0 spiro atoms. The number of nitrogens with zero attached hydrogens (tertiary/aromatic N) is 6. The average Bonchev–Trinajstić information content (AvgIpc) is 3.46. The van der Waals surface area contributed by atoms with Crippen LogP contribution < -0.4 is 4.90 Å². The summed E-state index contributed by atoms with van der Waals surface area (Å²) in [5.74, 6) is 1.23. The zero-order valence-corrected chi connectivity index (χ0v) is 15.8. The summed E-state index contributed by atoms with van der Waals surface area (Å²) in [4.78, 5) is 16.4. The molecule has 2 aliphatic rings. The minimum atomic E-state index is -0.590. The first-order valence-corrected chi connectivity index (χ1v) is 9.70. The molecule has 1 saturated heterocycles. The predicted molar refractivity (Wildman–Crippen MR) is 102 cm³/mol. The van der Waals surface area contributed by atoms with E-state index in [1.807, 2.05) is 16.6 Å². The molecule has 28 heavy (non-hydrogen) atoms. The molecule has 144 valence electrons. The lowest BCUT2D eigenvalue weighted by Crippen LogP contribution is -2.49. The van der Waals surface area contributed by atoms with Gasteiger partial charge in [0.2, 0.25) is 0 Å². The van der Waals surface area contributed by atoms with Crippen LogP contribution in [0.2, 0.25) is 5.02 Å². The fourth-order valence-electron chi connectivity index (χ4n) is 3.56. The maximum absolute atomic E-state index is 14.1. The van der Waals surface area contributed by atoms with E-state index >= 15 is 0 Å². The first-order chi connectivity index (χ1) is 13.6. The topological polar surface area (TPSA) is 66.6 Å². The van der Waals surface area contributed by atoms with Gasteiger partial charge in [-0.1, -0.05) is 17.7 Å². The van der Waals surface area contributed by atoms with Crippen LogP contribution >= 0.6 is 11.6 Å². The number of piperazine rings is 1. The Morgan fingerprint density at radius 1 is 1.07 bits per heavy atom. The summed E-state index contributed by atoms with van der Waals surface area (Å²) in [5.41, 5.74) is 0.685. The summed E-state index contributed by atoms with van der Waals surface area (Å²) in [6.07, 6.45) is 2.26. The van der Waals surface area contributed by atoms with Crippen LogP contribution in [0.15, 0.2) is 30.3 Å². The number of rotatable bonds is 3. The van der Waals surface area contributed by atoms with Gasteiger partial charge in [-0.05, 0) is 37.1 Å². The lowest BCUT2D eigenvalue weighted by molar-refractivity contribution is 0.0742. The second-order valence-electron chi connectivity index (χ2n) is 7.17. The molecule has 9 heteroatoms. The van der Waals surface area contributed by atoms with Gasteiger partial charge in [-0.15, -0.1) is 15.3 Å². The van der Waals surface area contributed by atoms with Crippen LogP contribution in [0.3, 0.4) is 0 Å². The maximum Gasteiger partial charge on any atom is 0.258 e. The number of carbonyl (C=O) groups excluding carboxylic acids is 1. The fraction of sp³-hybridized carbons (Fsp3) is 0.368. The largest absolute Gasteiger partial charge is 0.352 e. The summed E-state index contributed by atoms with van der Waals surface area (Å²) < 4.78 is 15.9. The zero-order valence-electron chi connectivity index (χ0n) is 15.1. The summed E-state index contributed by atoms with van der Waals surface area (Å²) in [5, 5.41) is 13.3. The van der Waals surface area contributed by atoms with E-state index in [2.05, 4.69) is 15.1 Å². The Kier molecular flexibility index (Phi) is 4.16. The first kappa shape index (κ1) is 17.4. The molecule has 0 bridgehead atoms. The van der Waals surface area contributed by atoms with E-state index in [1.54, 1.807) is 4.90 Å². The number of carbonyl (C=O) groups is 1. The number of hydrogen-bond donors (Lipinski definition) is 0. The van der Waals surface area contributed by atoms with Crippen LogP contribution in [0.5, 0.6) is 0 Å². The van der Waals surface area contributed by atoms with Gasteiger partial charge in [0, 0.05) is 32.1 Å². The smallest absolute Gasteiger partial charge is 0.258 e. The molecule has 1 aromatic carbocycles. The van der Waals surface area contributed by atoms with Gasteiger partial charge in [-0.3, -0.25) is 4.79 Å². The summed E-state index contributed by atoms with van der Waals surface area (Å²) in [6, 6.07) is 8.12. The third-order valence-electron chi connectivity index (χ3n) is 5.28. The van der Waals surface area contributed by atoms with Crippen LogP contribution in [-0.4, -0.2) is 56.8 Å². The van der Waals surface area contributed by atoms with Crippen molar-refractivity contribution in [3.63, 3.8) is 0 Å². The summed E-state index contributed by atoms with van der Waals surface area (Å²) in [6.45, 7) is 2.16. The number of amides is 1. The van der Waals surface area contributed by atoms with E-state index < -0.39 is 5.82 Å². The van der Waals surface area contributed by atoms with Crippen LogP contribution in [0.25, 0.3) is 5.65 Å². The van der Waals surface area contributed by atoms with Gasteiger partial charge in [0.1, 0.15) is 11.6 Å². The molecule has 1 aliphatic heterocycles. The third kappa shape index (κ3) is 2.97. The molecule has 2 aromatic heterocycles. The number of aromatic nitrogens is 4. The molecule has 1 amide bonds. The maximum atomic E-state index is 14.1. The number of hydrogen-bond acceptors (Lipinski definition) is 5. The highest BCUT2D eigenvalue weighted by molar-refractivity contribution is 6.33. The molecule has 7 nitrogen and oxygen atoms in total. The Balaban J connectivity index is 1.32. The molecule has 1 aliphatic carbocycles. The van der Waals surface area contributed by atoms with Crippen molar-refractivity contribution in [3.8, 4) is 0 Å². The van der Waals surface area contributed by atoms with Crippen LogP contribution in [0, 0.1) is 5.82 Å². The quantitative estimate of drug-likeness (QED) is 0.676. The summed E-state index contributed by atoms with van der Waals surface area (Å²) in [7, 11) is 0. The van der Waals surface area contributed by atoms with Crippen molar-refractivity contribution < 1.29 is 9.18 Å². The molecule has 3 aromatic rings. The Hall–Kier alpha value is -2.74. The lowest BCUT2D eigenvalue weighted by atomic mass is 10.1. The van der Waals surface area contributed by atoms with Crippen molar-refractivity contribution in [1.29, 1.82) is 0 Å². The number of fused-ring (bicyclic) bond motifs is 1. The first-order valence-electron chi connectivity index (χ1n) is 9.32. The van der Waals surface area contributed by atoms with Crippen molar-refractivity contribution in [2.75, 3.05) is 31.1 Å². The van der Waals surface area contributed by atoms with Crippen LogP contribution in [0.1, 0.15) is 34.9 Å². The predicted octanol–water partition coefficient (Wildman–Crippen LogP) is 2.76. The second-order valence-corrected chi connectivity index (χ2v) is 7.58. The van der Waals surface area contributed by atoms with Gasteiger partial charge < -0.3 is 9.80 Å². The highest BCUT2D eigenvalue weighted by Crippen LogP contribution is 2.38. The Morgan fingerprint density at radius 2 is 1.86 bits per heavy atom. The van der Waals surface area contributed by atoms with E-state index in [1.165, 1.54) is 18.2 Å². The highest BCUT2D eigenvalue weighted by atomic mass is 35.5. The molecule has 2 fully saturated rings. The Labute approximate surface area is 165 Å². The fourth-order valence-corrected chi connectivity index (χ4v) is 3.80. The standard InChI is InChI=1S/C19H18ClFN6O/c20-13-2-1-3-14(21)17(13)19(28)26-10-8-25(9-11-26)16-7-6-15-22-23-18(12-4-5-12)27(15)24-16/h1-3,6-7,12H,4-5,8-11H2. The lowest BCUT2D eigenvalue weighted by Gasteiger charge is -2.35. The van der Waals surface area contributed by atoms with Crippen molar-refractivity contribution in [3.05, 3.63) is 52.6 Å². The molecule has 5 rings (SSSR count). The molecular weight excluding hydrogens is 383 g/mol. The van der Waals surface area contributed by atoms with E-state index in [9.17, 15) is 9.18 Å². The van der Waals surface area contributed by atoms with Crippen molar-refractivity contribution in [2.24, 2.45) is 0 Å². The van der Waals surface area contributed by atoms with Gasteiger partial charge in [-0.25, -0.2) is 4.39 Å². The number of halogens is 2. The second kappa shape index (κ2) is 6.70. The van der Waals surface area contributed by atoms with Gasteiger partial charge in [0.15, 0.2) is 11.5 Å². The molecule has 0 N–H and O–H groups in total. The minimum absolute atomic E-state index is 0.0595. The van der Waals surface area contributed by atoms with Gasteiger partial charge in [0.25, 0.3) is 5.91 Å². The van der Waals surface area contributed by atoms with Crippen LogP contribution in [-0.2, 0) is 0 Å². The SMILES string of the molecule is O=C(c1c(F)cccc1Cl)N1CCN(c2ccc3nnc(C4CC4)n3n2)CC1. The minimum Gasteiger partial charge on any atom is -0.352 e. The number of benzene rings is 1. The summed E-state index contributed by atoms with van der Waals surface area (Å²) >= 11 is 6.04. The van der Waals surface area contributed by atoms with Crippen molar-refractivity contribution in [2.45, 2.75) is 18.8 Å². The molecule has 0 atom stereocenters. The molecule has 3 heterocycles. The van der Waals surface area contributed by atoms with E-state index in [0.717, 1.165) is 30.1 Å². The monoisotopic (exact) mass is 400 g/mol. The van der Waals surface area contributed by atoms with Crippen molar-refractivity contribution >= 4 is 29.0 Å². The zero-order chi connectivity index (χ0) is 19.3. The van der Waals surface area contributed by atoms with E-state index in [0.29, 0.717) is 32.1 Å². The number of anilines is 1.